The molecule has 26 heavy (non-hydrogen) atoms. The Balaban J connectivity index is 1.94. The summed E-state index contributed by atoms with van der Waals surface area (Å²) in [6, 6.07) is 15.1. The number of benzene rings is 2. The molecular weight excluding hydrogens is 326 g/mol. The van der Waals surface area contributed by atoms with Gasteiger partial charge in [0.05, 0.1) is 6.54 Å². The highest BCUT2D eigenvalue weighted by Gasteiger charge is 2.17. The molecule has 0 spiro atoms. The van der Waals surface area contributed by atoms with E-state index in [1.807, 2.05) is 62.4 Å². The van der Waals surface area contributed by atoms with Gasteiger partial charge in [-0.3, -0.25) is 9.59 Å². The summed E-state index contributed by atoms with van der Waals surface area (Å²) in [6.07, 6.45) is 1.72. The van der Waals surface area contributed by atoms with E-state index in [9.17, 15) is 9.59 Å². The number of hydrogen-bond donors (Lipinski definition) is 2. The van der Waals surface area contributed by atoms with Gasteiger partial charge in [0, 0.05) is 24.3 Å². The van der Waals surface area contributed by atoms with E-state index in [0.717, 1.165) is 23.2 Å². The first-order chi connectivity index (χ1) is 12.5. The summed E-state index contributed by atoms with van der Waals surface area (Å²) < 4.78 is 0. The first-order valence-corrected chi connectivity index (χ1v) is 8.98. The molecule has 0 bridgehead atoms. The van der Waals surface area contributed by atoms with E-state index in [1.54, 1.807) is 4.90 Å². The van der Waals surface area contributed by atoms with Gasteiger partial charge in [0.25, 0.3) is 0 Å². The summed E-state index contributed by atoms with van der Waals surface area (Å²) in [4.78, 5) is 26.6. The molecular formula is C21H27N3O2. The third-order valence-corrected chi connectivity index (χ3v) is 4.26. The van der Waals surface area contributed by atoms with Gasteiger partial charge in [-0.05, 0) is 43.0 Å². The Morgan fingerprint density at radius 3 is 2.46 bits per heavy atom. The molecule has 0 atom stereocenters. The molecule has 0 aliphatic heterocycles. The standard InChI is InChI=1S/C21H27N3O2/c1-3-14-24(15-20(25)23-19-11-7-4-8-16(19)2)21(26)13-12-17-9-5-6-10-18(17)22/h4-11H,3,12-15,22H2,1-2H3,(H,23,25). The number of amides is 2. The average Bonchev–Trinajstić information content (AvgIpc) is 2.62. The number of anilines is 2. The molecule has 0 aliphatic carbocycles. The zero-order valence-electron chi connectivity index (χ0n) is 15.5. The Labute approximate surface area is 155 Å². The molecule has 3 N–H and O–H groups in total. The number of nitrogen functional groups attached to an aromatic ring is 1. The number of hydrogen-bond acceptors (Lipinski definition) is 3. The van der Waals surface area contributed by atoms with Gasteiger partial charge in [-0.25, -0.2) is 0 Å². The van der Waals surface area contributed by atoms with Crippen molar-refractivity contribution in [2.24, 2.45) is 0 Å². The van der Waals surface area contributed by atoms with E-state index in [1.165, 1.54) is 0 Å². The number of nitrogens with zero attached hydrogens (tertiary/aromatic N) is 1. The van der Waals surface area contributed by atoms with Crippen LogP contribution in [0.3, 0.4) is 0 Å². The van der Waals surface area contributed by atoms with E-state index in [2.05, 4.69) is 5.32 Å². The van der Waals surface area contributed by atoms with Crippen molar-refractivity contribution in [3.63, 3.8) is 0 Å². The zero-order valence-corrected chi connectivity index (χ0v) is 15.5. The van der Waals surface area contributed by atoms with Crippen LogP contribution < -0.4 is 11.1 Å². The summed E-state index contributed by atoms with van der Waals surface area (Å²) in [7, 11) is 0. The molecule has 0 aromatic heterocycles. The maximum Gasteiger partial charge on any atom is 0.244 e. The fraction of sp³-hybridized carbons (Fsp3) is 0.333. The van der Waals surface area contributed by atoms with Crippen LogP contribution in [-0.2, 0) is 16.0 Å². The highest BCUT2D eigenvalue weighted by atomic mass is 16.2. The molecule has 2 aromatic rings. The SMILES string of the molecule is CCCN(CC(=O)Nc1ccccc1C)C(=O)CCc1ccccc1N. The molecule has 0 radical (unpaired) electrons. The van der Waals surface area contributed by atoms with Gasteiger partial charge in [0.1, 0.15) is 0 Å². The van der Waals surface area contributed by atoms with Gasteiger partial charge in [-0.15, -0.1) is 0 Å². The van der Waals surface area contributed by atoms with E-state index in [0.29, 0.717) is 25.1 Å². The minimum atomic E-state index is -0.180. The van der Waals surface area contributed by atoms with Crippen molar-refractivity contribution in [1.29, 1.82) is 0 Å². The Morgan fingerprint density at radius 1 is 1.08 bits per heavy atom. The summed E-state index contributed by atoms with van der Waals surface area (Å²) in [5.41, 5.74) is 9.36. The normalized spacial score (nSPS) is 10.4. The monoisotopic (exact) mass is 353 g/mol. The third-order valence-electron chi connectivity index (χ3n) is 4.26. The maximum absolute atomic E-state index is 12.6. The largest absolute Gasteiger partial charge is 0.399 e. The second-order valence-corrected chi connectivity index (χ2v) is 6.38. The maximum atomic E-state index is 12.6. The molecule has 0 aliphatic rings. The van der Waals surface area contributed by atoms with Crippen LogP contribution in [0.4, 0.5) is 11.4 Å². The third kappa shape index (κ3) is 5.62. The minimum Gasteiger partial charge on any atom is -0.399 e. The average molecular weight is 353 g/mol. The summed E-state index contributed by atoms with van der Waals surface area (Å²) >= 11 is 0. The van der Waals surface area contributed by atoms with Crippen molar-refractivity contribution >= 4 is 23.2 Å². The van der Waals surface area contributed by atoms with Gasteiger partial charge >= 0.3 is 0 Å². The second kappa shape index (κ2) is 9.61. The second-order valence-electron chi connectivity index (χ2n) is 6.38. The van der Waals surface area contributed by atoms with E-state index in [4.69, 9.17) is 5.73 Å². The molecule has 0 unspecified atom stereocenters. The first kappa shape index (κ1) is 19.5. The predicted molar refractivity (Wildman–Crippen MR) is 106 cm³/mol. The highest BCUT2D eigenvalue weighted by molar-refractivity contribution is 5.95. The summed E-state index contributed by atoms with van der Waals surface area (Å²) in [5, 5.41) is 2.88. The van der Waals surface area contributed by atoms with Crippen LogP contribution in [0.5, 0.6) is 0 Å². The zero-order chi connectivity index (χ0) is 18.9. The van der Waals surface area contributed by atoms with Crippen LogP contribution in [0.15, 0.2) is 48.5 Å². The van der Waals surface area contributed by atoms with Crippen LogP contribution in [0.25, 0.3) is 0 Å². The Bertz CT molecular complexity index is 758. The Hall–Kier alpha value is -2.82. The predicted octanol–water partition coefficient (Wildman–Crippen LogP) is 3.39. The van der Waals surface area contributed by atoms with Gasteiger partial charge in [-0.1, -0.05) is 43.3 Å². The molecule has 0 saturated carbocycles. The van der Waals surface area contributed by atoms with Crippen molar-refractivity contribution in [2.45, 2.75) is 33.1 Å². The van der Waals surface area contributed by atoms with Crippen LogP contribution in [-0.4, -0.2) is 29.8 Å². The van der Waals surface area contributed by atoms with Crippen molar-refractivity contribution in [2.75, 3.05) is 24.1 Å². The van der Waals surface area contributed by atoms with Crippen molar-refractivity contribution in [1.82, 2.24) is 4.90 Å². The van der Waals surface area contributed by atoms with Crippen LogP contribution >= 0.6 is 0 Å². The number of nitrogens with two attached hydrogens (primary N) is 1. The Morgan fingerprint density at radius 2 is 1.77 bits per heavy atom. The lowest BCUT2D eigenvalue weighted by atomic mass is 10.1. The van der Waals surface area contributed by atoms with Gasteiger partial charge in [-0.2, -0.15) is 0 Å². The number of aryl methyl sites for hydroxylation is 2. The van der Waals surface area contributed by atoms with Gasteiger partial charge in [0.2, 0.25) is 11.8 Å². The van der Waals surface area contributed by atoms with E-state index in [-0.39, 0.29) is 18.4 Å². The molecule has 5 nitrogen and oxygen atoms in total. The number of rotatable bonds is 8. The molecule has 138 valence electrons. The van der Waals surface area contributed by atoms with Crippen LogP contribution in [0.1, 0.15) is 30.9 Å². The quantitative estimate of drug-likeness (QED) is 0.714. The fourth-order valence-electron chi connectivity index (χ4n) is 2.80. The minimum absolute atomic E-state index is 0.0324. The topological polar surface area (TPSA) is 75.4 Å². The lowest BCUT2D eigenvalue weighted by molar-refractivity contribution is -0.134. The van der Waals surface area contributed by atoms with Crippen LogP contribution in [0.2, 0.25) is 0 Å². The molecule has 2 aromatic carbocycles. The van der Waals surface area contributed by atoms with Crippen molar-refractivity contribution in [3.8, 4) is 0 Å². The highest BCUT2D eigenvalue weighted by Crippen LogP contribution is 2.15. The summed E-state index contributed by atoms with van der Waals surface area (Å²) in [6.45, 7) is 4.55. The molecule has 0 heterocycles. The van der Waals surface area contributed by atoms with Crippen LogP contribution in [0, 0.1) is 6.92 Å². The number of para-hydroxylation sites is 2. The van der Waals surface area contributed by atoms with E-state index < -0.39 is 0 Å². The molecule has 0 saturated heterocycles. The number of nitrogens with one attached hydrogen (secondary N) is 1. The number of carbonyl (C=O) groups is 2. The first-order valence-electron chi connectivity index (χ1n) is 8.98. The van der Waals surface area contributed by atoms with Crippen molar-refractivity contribution in [3.05, 3.63) is 59.7 Å². The van der Waals surface area contributed by atoms with Crippen molar-refractivity contribution < 1.29 is 9.59 Å². The fourth-order valence-corrected chi connectivity index (χ4v) is 2.80. The van der Waals surface area contributed by atoms with E-state index >= 15 is 0 Å². The lowest BCUT2D eigenvalue weighted by Crippen LogP contribution is -2.38. The molecule has 5 heteroatoms. The molecule has 0 fully saturated rings. The lowest BCUT2D eigenvalue weighted by Gasteiger charge is -2.22. The molecule has 2 rings (SSSR count). The van der Waals surface area contributed by atoms with Gasteiger partial charge < -0.3 is 16.0 Å². The Kier molecular flexibility index (Phi) is 7.21. The smallest absolute Gasteiger partial charge is 0.244 e. The van der Waals surface area contributed by atoms with Gasteiger partial charge in [0.15, 0.2) is 0 Å². The number of carbonyl (C=O) groups excluding carboxylic acids is 2. The summed E-state index contributed by atoms with van der Waals surface area (Å²) in [5.74, 6) is -0.213. The molecule has 2 amide bonds.